The van der Waals surface area contributed by atoms with Crippen molar-refractivity contribution >= 4 is 10.0 Å². The first kappa shape index (κ1) is 17.7. The molecule has 2 rings (SSSR count). The Morgan fingerprint density at radius 1 is 1.17 bits per heavy atom. The van der Waals surface area contributed by atoms with Crippen molar-refractivity contribution < 1.29 is 8.42 Å². The number of nitrogens with zero attached hydrogens (tertiary/aromatic N) is 2. The molecule has 0 radical (unpaired) electrons. The SMILES string of the molecule is Cc1cc(C)n(CCCNS(=O)(=O)c2ccc(C(C)C)cc2)n1. The molecule has 0 bridgehead atoms. The van der Waals surface area contributed by atoms with Gasteiger partial charge in [0.1, 0.15) is 0 Å². The van der Waals surface area contributed by atoms with Gasteiger partial charge in [-0.05, 0) is 49.9 Å². The van der Waals surface area contributed by atoms with E-state index in [2.05, 4.69) is 23.7 Å². The van der Waals surface area contributed by atoms with Crippen molar-refractivity contribution in [1.29, 1.82) is 0 Å². The fraction of sp³-hybridized carbons (Fsp3) is 0.471. The summed E-state index contributed by atoms with van der Waals surface area (Å²) in [5.41, 5.74) is 3.21. The van der Waals surface area contributed by atoms with Crippen molar-refractivity contribution in [3.05, 3.63) is 47.3 Å². The number of rotatable bonds is 7. The molecule has 0 saturated carbocycles. The zero-order chi connectivity index (χ0) is 17.0. The van der Waals surface area contributed by atoms with Gasteiger partial charge in [0.2, 0.25) is 10.0 Å². The predicted molar refractivity (Wildman–Crippen MR) is 92.0 cm³/mol. The van der Waals surface area contributed by atoms with Crippen LogP contribution in [0.2, 0.25) is 0 Å². The zero-order valence-corrected chi connectivity index (χ0v) is 15.0. The van der Waals surface area contributed by atoms with Crippen LogP contribution in [0.1, 0.15) is 43.1 Å². The van der Waals surface area contributed by atoms with Crippen LogP contribution in [0.25, 0.3) is 0 Å². The first-order chi connectivity index (χ1) is 10.8. The maximum absolute atomic E-state index is 12.3. The molecule has 0 aliphatic rings. The van der Waals surface area contributed by atoms with Crippen LogP contribution in [0.5, 0.6) is 0 Å². The summed E-state index contributed by atoms with van der Waals surface area (Å²) >= 11 is 0. The average molecular weight is 335 g/mol. The van der Waals surface area contributed by atoms with E-state index in [1.807, 2.05) is 36.7 Å². The van der Waals surface area contributed by atoms with Crippen molar-refractivity contribution in [3.63, 3.8) is 0 Å². The number of hydrogen-bond acceptors (Lipinski definition) is 3. The van der Waals surface area contributed by atoms with Crippen molar-refractivity contribution in [3.8, 4) is 0 Å². The van der Waals surface area contributed by atoms with Crippen molar-refractivity contribution in [2.45, 2.75) is 51.5 Å². The van der Waals surface area contributed by atoms with Gasteiger partial charge in [-0.15, -0.1) is 0 Å². The second-order valence-corrected chi connectivity index (χ2v) is 7.89. The highest BCUT2D eigenvalue weighted by atomic mass is 32.2. The number of aryl methyl sites for hydroxylation is 3. The van der Waals surface area contributed by atoms with Crippen LogP contribution in [0.15, 0.2) is 35.2 Å². The molecule has 0 atom stereocenters. The molecule has 0 spiro atoms. The lowest BCUT2D eigenvalue weighted by Crippen LogP contribution is -2.25. The molecule has 0 aliphatic carbocycles. The summed E-state index contributed by atoms with van der Waals surface area (Å²) < 4.78 is 29.1. The van der Waals surface area contributed by atoms with E-state index in [-0.39, 0.29) is 0 Å². The van der Waals surface area contributed by atoms with Gasteiger partial charge in [-0.2, -0.15) is 5.10 Å². The quantitative estimate of drug-likeness (QED) is 0.791. The minimum atomic E-state index is -3.44. The lowest BCUT2D eigenvalue weighted by Gasteiger charge is -2.09. The third kappa shape index (κ3) is 4.65. The summed E-state index contributed by atoms with van der Waals surface area (Å²) in [5.74, 6) is 0.389. The summed E-state index contributed by atoms with van der Waals surface area (Å²) in [6, 6.07) is 9.09. The molecular weight excluding hydrogens is 310 g/mol. The fourth-order valence-corrected chi connectivity index (χ4v) is 3.53. The Kier molecular flexibility index (Phi) is 5.59. The smallest absolute Gasteiger partial charge is 0.240 e. The van der Waals surface area contributed by atoms with Crippen LogP contribution < -0.4 is 4.72 Å². The van der Waals surface area contributed by atoms with Crippen LogP contribution in [0, 0.1) is 13.8 Å². The maximum atomic E-state index is 12.3. The van der Waals surface area contributed by atoms with Gasteiger partial charge in [-0.1, -0.05) is 26.0 Å². The van der Waals surface area contributed by atoms with Crippen LogP contribution in [-0.4, -0.2) is 24.7 Å². The molecule has 23 heavy (non-hydrogen) atoms. The Morgan fingerprint density at radius 3 is 2.35 bits per heavy atom. The standard InChI is InChI=1S/C17H25N3O2S/c1-13(2)16-6-8-17(9-7-16)23(21,22)18-10-5-11-20-15(4)12-14(3)19-20/h6-9,12-13,18H,5,10-11H2,1-4H3. The lowest BCUT2D eigenvalue weighted by atomic mass is 10.0. The van der Waals surface area contributed by atoms with Crippen LogP contribution in [0.3, 0.4) is 0 Å². The molecule has 6 heteroatoms. The average Bonchev–Trinajstić information content (AvgIpc) is 2.81. The molecule has 1 aromatic carbocycles. The van der Waals surface area contributed by atoms with Gasteiger partial charge in [0.25, 0.3) is 0 Å². The largest absolute Gasteiger partial charge is 0.270 e. The summed E-state index contributed by atoms with van der Waals surface area (Å²) in [6.45, 7) is 9.22. The molecule has 0 fully saturated rings. The molecule has 126 valence electrons. The van der Waals surface area contributed by atoms with Gasteiger partial charge in [0.05, 0.1) is 10.6 Å². The second-order valence-electron chi connectivity index (χ2n) is 6.13. The molecule has 0 amide bonds. The third-order valence-corrected chi connectivity index (χ3v) is 5.28. The monoisotopic (exact) mass is 335 g/mol. The Hall–Kier alpha value is -1.66. The Balaban J connectivity index is 1.90. The molecule has 1 heterocycles. The molecule has 0 saturated heterocycles. The van der Waals surface area contributed by atoms with Crippen molar-refractivity contribution in [2.75, 3.05) is 6.54 Å². The topological polar surface area (TPSA) is 64.0 Å². The number of benzene rings is 1. The number of hydrogen-bond donors (Lipinski definition) is 1. The minimum Gasteiger partial charge on any atom is -0.270 e. The van der Waals surface area contributed by atoms with Gasteiger partial charge in [-0.25, -0.2) is 13.1 Å². The van der Waals surface area contributed by atoms with Gasteiger partial charge < -0.3 is 0 Å². The summed E-state index contributed by atoms with van der Waals surface area (Å²) in [6.07, 6.45) is 0.700. The van der Waals surface area contributed by atoms with E-state index < -0.39 is 10.0 Å². The fourth-order valence-electron chi connectivity index (χ4n) is 2.45. The summed E-state index contributed by atoms with van der Waals surface area (Å²) in [5, 5.41) is 4.37. The van der Waals surface area contributed by atoms with E-state index in [1.54, 1.807) is 12.1 Å². The van der Waals surface area contributed by atoms with Crippen molar-refractivity contribution in [1.82, 2.24) is 14.5 Å². The van der Waals surface area contributed by atoms with Crippen LogP contribution >= 0.6 is 0 Å². The van der Waals surface area contributed by atoms with E-state index in [0.29, 0.717) is 30.3 Å². The first-order valence-electron chi connectivity index (χ1n) is 7.90. The minimum absolute atomic E-state index is 0.313. The third-order valence-electron chi connectivity index (χ3n) is 3.80. The van der Waals surface area contributed by atoms with Crippen LogP contribution in [-0.2, 0) is 16.6 Å². The summed E-state index contributed by atoms with van der Waals surface area (Å²) in [4.78, 5) is 0.313. The van der Waals surface area contributed by atoms with Crippen molar-refractivity contribution in [2.24, 2.45) is 0 Å². The maximum Gasteiger partial charge on any atom is 0.240 e. The van der Waals surface area contributed by atoms with E-state index in [9.17, 15) is 8.42 Å². The highest BCUT2D eigenvalue weighted by molar-refractivity contribution is 7.89. The van der Waals surface area contributed by atoms with E-state index in [0.717, 1.165) is 17.0 Å². The number of nitrogens with one attached hydrogen (secondary N) is 1. The Morgan fingerprint density at radius 2 is 1.83 bits per heavy atom. The van der Waals surface area contributed by atoms with Gasteiger partial charge in [0, 0.05) is 18.8 Å². The van der Waals surface area contributed by atoms with E-state index >= 15 is 0 Å². The summed E-state index contributed by atoms with van der Waals surface area (Å²) in [7, 11) is -3.44. The predicted octanol–water partition coefficient (Wildman–Crippen LogP) is 2.99. The normalized spacial score (nSPS) is 12.0. The molecule has 1 N–H and O–H groups in total. The molecule has 5 nitrogen and oxygen atoms in total. The van der Waals surface area contributed by atoms with Crippen LogP contribution in [0.4, 0.5) is 0 Å². The highest BCUT2D eigenvalue weighted by Crippen LogP contribution is 2.17. The molecule has 1 aromatic heterocycles. The van der Waals surface area contributed by atoms with E-state index in [4.69, 9.17) is 0 Å². The Bertz CT molecular complexity index is 747. The lowest BCUT2D eigenvalue weighted by molar-refractivity contribution is 0.544. The number of aromatic nitrogens is 2. The van der Waals surface area contributed by atoms with E-state index in [1.165, 1.54) is 0 Å². The molecule has 0 aliphatic heterocycles. The molecular formula is C17H25N3O2S. The molecule has 2 aromatic rings. The second kappa shape index (κ2) is 7.27. The highest BCUT2D eigenvalue weighted by Gasteiger charge is 2.13. The Labute approximate surface area is 138 Å². The zero-order valence-electron chi connectivity index (χ0n) is 14.2. The first-order valence-corrected chi connectivity index (χ1v) is 9.38. The van der Waals surface area contributed by atoms with Gasteiger partial charge in [-0.3, -0.25) is 4.68 Å². The van der Waals surface area contributed by atoms with Gasteiger partial charge in [0.15, 0.2) is 0 Å². The van der Waals surface area contributed by atoms with Gasteiger partial charge >= 0.3 is 0 Å². The number of sulfonamides is 1. The molecule has 0 unspecified atom stereocenters.